The van der Waals surface area contributed by atoms with E-state index in [2.05, 4.69) is 43.5 Å². The highest BCUT2D eigenvalue weighted by Crippen LogP contribution is 2.10. The molecule has 0 saturated heterocycles. The third-order valence-electron chi connectivity index (χ3n) is 3.27. The third kappa shape index (κ3) is 8.16. The molecule has 1 aromatic carbocycles. The van der Waals surface area contributed by atoms with Crippen molar-refractivity contribution in [3.05, 3.63) is 29.8 Å². The number of anilines is 1. The minimum atomic E-state index is 0.720. The monoisotopic (exact) mass is 292 g/mol. The molecule has 0 spiro atoms. The maximum Gasteiger partial charge on any atom is 0.170 e. The summed E-state index contributed by atoms with van der Waals surface area (Å²) in [5, 5.41) is 7.21. The first-order chi connectivity index (χ1) is 9.58. The van der Waals surface area contributed by atoms with Crippen LogP contribution in [0.5, 0.6) is 0 Å². The van der Waals surface area contributed by atoms with Gasteiger partial charge < -0.3 is 10.6 Å². The van der Waals surface area contributed by atoms with E-state index in [1.165, 1.54) is 37.7 Å². The fraction of sp³-hybridized carbons (Fsp3) is 0.588. The molecule has 0 unspecified atom stereocenters. The Morgan fingerprint density at radius 2 is 1.90 bits per heavy atom. The first-order valence-corrected chi connectivity index (χ1v) is 8.10. The van der Waals surface area contributed by atoms with Crippen LogP contribution in [-0.4, -0.2) is 11.7 Å². The second-order valence-electron chi connectivity index (χ2n) is 5.85. The molecule has 0 heterocycles. The molecule has 3 heteroatoms. The largest absolute Gasteiger partial charge is 0.362 e. The maximum atomic E-state index is 5.29. The molecule has 0 aliphatic carbocycles. The van der Waals surface area contributed by atoms with Crippen LogP contribution >= 0.6 is 12.2 Å². The van der Waals surface area contributed by atoms with Gasteiger partial charge in [-0.2, -0.15) is 0 Å². The number of hydrogen-bond acceptors (Lipinski definition) is 1. The first kappa shape index (κ1) is 17.0. The zero-order chi connectivity index (χ0) is 14.8. The number of nitrogens with one attached hydrogen (secondary N) is 2. The van der Waals surface area contributed by atoms with Gasteiger partial charge in [0.15, 0.2) is 5.11 Å². The van der Waals surface area contributed by atoms with Gasteiger partial charge in [-0.05, 0) is 49.2 Å². The summed E-state index contributed by atoms with van der Waals surface area (Å²) in [6, 6.07) is 8.25. The van der Waals surface area contributed by atoms with Crippen LogP contribution in [0.25, 0.3) is 0 Å². The van der Waals surface area contributed by atoms with Crippen molar-refractivity contribution in [1.82, 2.24) is 5.32 Å². The quantitative estimate of drug-likeness (QED) is 0.527. The van der Waals surface area contributed by atoms with Crippen molar-refractivity contribution in [3.8, 4) is 0 Å². The van der Waals surface area contributed by atoms with Crippen LogP contribution in [0.15, 0.2) is 24.3 Å². The van der Waals surface area contributed by atoms with Gasteiger partial charge in [0.1, 0.15) is 0 Å². The highest BCUT2D eigenvalue weighted by molar-refractivity contribution is 7.80. The Labute approximate surface area is 129 Å². The SMILES string of the molecule is Cc1cccc(NC(=S)NCCCCCCC(C)C)c1. The Hall–Kier alpha value is -1.09. The van der Waals surface area contributed by atoms with Crippen LogP contribution in [-0.2, 0) is 0 Å². The van der Waals surface area contributed by atoms with Crippen molar-refractivity contribution in [2.75, 3.05) is 11.9 Å². The van der Waals surface area contributed by atoms with E-state index in [4.69, 9.17) is 12.2 Å². The lowest BCUT2D eigenvalue weighted by molar-refractivity contribution is 0.519. The molecule has 20 heavy (non-hydrogen) atoms. The molecule has 0 atom stereocenters. The molecule has 0 amide bonds. The van der Waals surface area contributed by atoms with Crippen molar-refractivity contribution >= 4 is 23.0 Å². The van der Waals surface area contributed by atoms with Crippen molar-refractivity contribution in [2.45, 2.75) is 52.9 Å². The molecule has 0 aliphatic rings. The van der Waals surface area contributed by atoms with E-state index in [1.54, 1.807) is 0 Å². The average molecular weight is 292 g/mol. The highest BCUT2D eigenvalue weighted by Gasteiger charge is 1.98. The van der Waals surface area contributed by atoms with Gasteiger partial charge in [0.25, 0.3) is 0 Å². The van der Waals surface area contributed by atoms with Crippen LogP contribution in [0, 0.1) is 12.8 Å². The molecule has 112 valence electrons. The standard InChI is InChI=1S/C17H28N2S/c1-14(2)9-6-4-5-7-12-18-17(20)19-16-11-8-10-15(3)13-16/h8,10-11,13-14H,4-7,9,12H2,1-3H3,(H2,18,19,20). The molecule has 1 aromatic rings. The Balaban J connectivity index is 2.06. The van der Waals surface area contributed by atoms with Gasteiger partial charge in [-0.3, -0.25) is 0 Å². The summed E-state index contributed by atoms with van der Waals surface area (Å²) in [5.74, 6) is 0.833. The fourth-order valence-corrected chi connectivity index (χ4v) is 2.35. The van der Waals surface area contributed by atoms with Gasteiger partial charge in [0.2, 0.25) is 0 Å². The molecule has 1 rings (SSSR count). The Morgan fingerprint density at radius 3 is 2.60 bits per heavy atom. The fourth-order valence-electron chi connectivity index (χ4n) is 2.13. The number of hydrogen-bond donors (Lipinski definition) is 2. The van der Waals surface area contributed by atoms with Gasteiger partial charge in [0, 0.05) is 12.2 Å². The van der Waals surface area contributed by atoms with Crippen molar-refractivity contribution in [1.29, 1.82) is 0 Å². The van der Waals surface area contributed by atoms with Crippen LogP contribution in [0.3, 0.4) is 0 Å². The first-order valence-electron chi connectivity index (χ1n) is 7.69. The van der Waals surface area contributed by atoms with Crippen LogP contribution in [0.2, 0.25) is 0 Å². The number of benzene rings is 1. The van der Waals surface area contributed by atoms with E-state index in [1.807, 2.05) is 12.1 Å². The zero-order valence-corrected chi connectivity index (χ0v) is 13.9. The molecule has 0 fully saturated rings. The second kappa shape index (κ2) is 9.76. The van der Waals surface area contributed by atoms with Crippen LogP contribution in [0.1, 0.15) is 51.5 Å². The summed E-state index contributed by atoms with van der Waals surface area (Å²) >= 11 is 5.29. The molecule has 0 bridgehead atoms. The van der Waals surface area contributed by atoms with E-state index in [-0.39, 0.29) is 0 Å². The summed E-state index contributed by atoms with van der Waals surface area (Å²) in [6.45, 7) is 7.62. The van der Waals surface area contributed by atoms with Gasteiger partial charge in [-0.25, -0.2) is 0 Å². The third-order valence-corrected chi connectivity index (χ3v) is 3.52. The van der Waals surface area contributed by atoms with Crippen LogP contribution in [0.4, 0.5) is 5.69 Å². The number of rotatable bonds is 8. The molecule has 0 aromatic heterocycles. The summed E-state index contributed by atoms with van der Waals surface area (Å²) in [7, 11) is 0. The minimum absolute atomic E-state index is 0.720. The molecular weight excluding hydrogens is 264 g/mol. The van der Waals surface area contributed by atoms with Crippen molar-refractivity contribution in [3.63, 3.8) is 0 Å². The predicted molar refractivity (Wildman–Crippen MR) is 93.3 cm³/mol. The summed E-state index contributed by atoms with van der Waals surface area (Å²) in [4.78, 5) is 0. The zero-order valence-electron chi connectivity index (χ0n) is 13.0. The summed E-state index contributed by atoms with van der Waals surface area (Å²) in [5.41, 5.74) is 2.29. The predicted octanol–water partition coefficient (Wildman–Crippen LogP) is 4.89. The molecule has 0 radical (unpaired) electrons. The second-order valence-corrected chi connectivity index (χ2v) is 6.26. The maximum absolute atomic E-state index is 5.29. The molecule has 0 aliphatic heterocycles. The van der Waals surface area contributed by atoms with Gasteiger partial charge in [0.05, 0.1) is 0 Å². The average Bonchev–Trinajstić information content (AvgIpc) is 2.37. The van der Waals surface area contributed by atoms with Gasteiger partial charge in [-0.15, -0.1) is 0 Å². The van der Waals surface area contributed by atoms with E-state index < -0.39 is 0 Å². The van der Waals surface area contributed by atoms with Crippen molar-refractivity contribution < 1.29 is 0 Å². The van der Waals surface area contributed by atoms with E-state index in [0.29, 0.717) is 0 Å². The normalized spacial score (nSPS) is 10.6. The van der Waals surface area contributed by atoms with Gasteiger partial charge >= 0.3 is 0 Å². The summed E-state index contributed by atoms with van der Waals surface area (Å²) in [6.07, 6.45) is 6.50. The topological polar surface area (TPSA) is 24.1 Å². The molecule has 2 nitrogen and oxygen atoms in total. The molecule has 0 saturated carbocycles. The highest BCUT2D eigenvalue weighted by atomic mass is 32.1. The molecular formula is C17H28N2S. The Morgan fingerprint density at radius 1 is 1.15 bits per heavy atom. The van der Waals surface area contributed by atoms with E-state index in [0.717, 1.165) is 23.3 Å². The number of unbranched alkanes of at least 4 members (excludes halogenated alkanes) is 3. The van der Waals surface area contributed by atoms with Crippen molar-refractivity contribution in [2.24, 2.45) is 5.92 Å². The lowest BCUT2D eigenvalue weighted by Gasteiger charge is -2.11. The van der Waals surface area contributed by atoms with E-state index >= 15 is 0 Å². The lowest BCUT2D eigenvalue weighted by atomic mass is 10.0. The van der Waals surface area contributed by atoms with Crippen LogP contribution < -0.4 is 10.6 Å². The Kier molecular flexibility index (Phi) is 8.28. The number of thiocarbonyl (C=S) groups is 1. The lowest BCUT2D eigenvalue weighted by Crippen LogP contribution is -2.29. The minimum Gasteiger partial charge on any atom is -0.362 e. The number of aryl methyl sites for hydroxylation is 1. The molecule has 2 N–H and O–H groups in total. The van der Waals surface area contributed by atoms with Gasteiger partial charge in [-0.1, -0.05) is 51.7 Å². The smallest absolute Gasteiger partial charge is 0.170 e. The van der Waals surface area contributed by atoms with E-state index in [9.17, 15) is 0 Å². The summed E-state index contributed by atoms with van der Waals surface area (Å²) < 4.78 is 0. The Bertz CT molecular complexity index is 402.